The summed E-state index contributed by atoms with van der Waals surface area (Å²) in [5.41, 5.74) is 0. The summed E-state index contributed by atoms with van der Waals surface area (Å²) in [5.74, 6) is -7.41. The number of thioether (sulfide) groups is 1. The number of ether oxygens (including phenoxy) is 6. The average Bonchev–Trinajstić information content (AvgIpc) is 3.63. The number of aliphatic carboxylic acids is 1. The number of likely N-dealkylation sites (tertiary alicyclic amines) is 1. The zero-order chi connectivity index (χ0) is 54.0. The summed E-state index contributed by atoms with van der Waals surface area (Å²) in [6.45, 7) is 2.82. The molecule has 0 spiro atoms. The molecule has 27 heteroatoms. The first kappa shape index (κ1) is 62.9. The van der Waals surface area contributed by atoms with E-state index >= 15 is 0 Å². The third-order valence-corrected chi connectivity index (χ3v) is 13.8. The summed E-state index contributed by atoms with van der Waals surface area (Å²) in [6.07, 6.45) is -17.9. The smallest absolute Gasteiger partial charge is 0.364 e. The van der Waals surface area contributed by atoms with E-state index in [1.807, 2.05) is 6.26 Å². The van der Waals surface area contributed by atoms with E-state index < -0.39 is 148 Å². The van der Waals surface area contributed by atoms with Crippen LogP contribution in [0.4, 0.5) is 0 Å². The molecule has 72 heavy (non-hydrogen) atoms. The highest BCUT2D eigenvalue weighted by atomic mass is 32.2. The van der Waals surface area contributed by atoms with Crippen LogP contribution in [0.5, 0.6) is 0 Å². The monoisotopic (exact) mass is 1060 g/mol. The summed E-state index contributed by atoms with van der Waals surface area (Å²) in [5, 5.41) is 109. The van der Waals surface area contributed by atoms with Crippen molar-refractivity contribution in [1.82, 2.24) is 15.5 Å². The van der Waals surface area contributed by atoms with E-state index in [0.717, 1.165) is 19.3 Å². The summed E-state index contributed by atoms with van der Waals surface area (Å²) in [6, 6.07) is -1.08. The maximum Gasteiger partial charge on any atom is 0.364 e. The van der Waals surface area contributed by atoms with Crippen LogP contribution in [0.2, 0.25) is 0 Å². The summed E-state index contributed by atoms with van der Waals surface area (Å²) in [4.78, 5) is 84.7. The van der Waals surface area contributed by atoms with Crippen LogP contribution in [0.15, 0.2) is 0 Å². The molecule has 0 bridgehead atoms. The van der Waals surface area contributed by atoms with Gasteiger partial charge in [-0.3, -0.25) is 33.7 Å². The molecule has 4 heterocycles. The van der Waals surface area contributed by atoms with Gasteiger partial charge in [0.25, 0.3) is 5.79 Å². The van der Waals surface area contributed by atoms with Crippen LogP contribution in [-0.2, 0) is 62.0 Å². The van der Waals surface area contributed by atoms with Crippen molar-refractivity contribution in [2.45, 2.75) is 182 Å². The first-order valence-electron chi connectivity index (χ1n) is 24.0. The maximum atomic E-state index is 12.7. The third kappa shape index (κ3) is 17.1. The number of Topliss-reactive ketones (excluding diaryl/α,β-unsaturated/α-hetero) is 2. The van der Waals surface area contributed by atoms with Crippen LogP contribution >= 0.6 is 11.8 Å². The van der Waals surface area contributed by atoms with E-state index in [0.29, 0.717) is 26.1 Å². The standard InChI is InChI=1S/C28H47NO18.C17H28N2O5S/c1-4-12(34)5-13-14(35)6-28(27(41)42,46-23(13)19(37)15(36)7-30)47-25-21(39)17(9-32)44-26(22(25)40)45-24-18(29-11(3)33)10(2)43-16(8-31)20(24)38;1-18-15(21)8-11-24-10-5-3-4-6-13(20)7-9-19-16(22)12-14(25-2)17(19)23/h10,13-26,30-32,35-40H,4-9H2,1-3H3,(H,29,33)(H,41,42);14H,3-12H2,1-2H3,(H,18,21)/t10?,13?,14?,15-,16?,17?,18-,19?,20+,21+,22+,23?,24-,25+,26?,28?;/m1./s1. The molecule has 4 aliphatic rings. The Hall–Kier alpha value is -3.36. The lowest BCUT2D eigenvalue weighted by Gasteiger charge is -2.51. The SMILES string of the molecule is CCC(=O)CC1C(O)CC(O[C@@H]2[C@H](O)C(O[C@@H]3[C@H](NC(C)=O)C(C)OC(CO)[C@@H]3O)OC(CO)[C@@H]2O)(C(=O)O)OC1C(O)[C@H](O)CO.CNC(=O)CCOCCCCCC(=O)CCN1C(=O)CC(SC)C1=O. The van der Waals surface area contributed by atoms with Gasteiger partial charge in [-0.15, -0.1) is 0 Å². The number of aliphatic hydroxyl groups excluding tert-OH is 9. The minimum absolute atomic E-state index is 0.0159. The summed E-state index contributed by atoms with van der Waals surface area (Å²) < 4.78 is 33.6. The Bertz CT molecular complexity index is 1780. The van der Waals surface area contributed by atoms with Crippen LogP contribution in [0, 0.1) is 5.92 Å². The van der Waals surface area contributed by atoms with Gasteiger partial charge in [0.15, 0.2) is 6.29 Å². The number of amides is 4. The Kier molecular flexibility index (Phi) is 26.4. The second-order valence-corrected chi connectivity index (χ2v) is 19.1. The van der Waals surface area contributed by atoms with E-state index in [-0.39, 0.29) is 54.6 Å². The lowest BCUT2D eigenvalue weighted by Crippen LogP contribution is -2.69. The molecule has 0 aromatic rings. The normalized spacial score (nSPS) is 33.6. The minimum Gasteiger partial charge on any atom is -0.477 e. The topological polar surface area (TPSA) is 404 Å². The van der Waals surface area contributed by atoms with Gasteiger partial charge in [0.05, 0.1) is 56.0 Å². The molecule has 0 radical (unpaired) electrons. The zero-order valence-corrected chi connectivity index (χ0v) is 42.0. The predicted molar refractivity (Wildman–Crippen MR) is 247 cm³/mol. The molecular weight excluding hydrogens is 983 g/mol. The van der Waals surface area contributed by atoms with Crippen LogP contribution in [0.3, 0.4) is 0 Å². The van der Waals surface area contributed by atoms with Gasteiger partial charge in [0.1, 0.15) is 66.5 Å². The van der Waals surface area contributed by atoms with Crippen molar-refractivity contribution in [3.63, 3.8) is 0 Å². The molecule has 414 valence electrons. The number of hydrogen-bond donors (Lipinski definition) is 12. The van der Waals surface area contributed by atoms with Gasteiger partial charge >= 0.3 is 5.97 Å². The van der Waals surface area contributed by atoms with Crippen molar-refractivity contribution in [3.05, 3.63) is 0 Å². The number of carbonyl (C=O) groups is 7. The Morgan fingerprint density at radius 2 is 1.54 bits per heavy atom. The van der Waals surface area contributed by atoms with Crippen molar-refractivity contribution in [2.75, 3.05) is 52.9 Å². The van der Waals surface area contributed by atoms with Gasteiger partial charge in [-0.1, -0.05) is 13.3 Å². The number of nitrogens with zero attached hydrogens (tertiary/aromatic N) is 1. The van der Waals surface area contributed by atoms with E-state index in [1.54, 1.807) is 7.05 Å². The molecule has 10 unspecified atom stereocenters. The third-order valence-electron chi connectivity index (χ3n) is 12.9. The van der Waals surface area contributed by atoms with E-state index in [2.05, 4.69) is 10.6 Å². The van der Waals surface area contributed by atoms with Crippen molar-refractivity contribution in [2.24, 2.45) is 5.92 Å². The van der Waals surface area contributed by atoms with E-state index in [1.165, 1.54) is 37.4 Å². The highest BCUT2D eigenvalue weighted by molar-refractivity contribution is 8.00. The molecular formula is C45H75N3O23S. The van der Waals surface area contributed by atoms with Crippen molar-refractivity contribution in [3.8, 4) is 0 Å². The second-order valence-electron chi connectivity index (χ2n) is 18.0. The predicted octanol–water partition coefficient (Wildman–Crippen LogP) is -4.38. The van der Waals surface area contributed by atoms with Gasteiger partial charge in [0, 0.05) is 78.0 Å². The number of carboxylic acid groups (broad SMARTS) is 1. The Balaban J connectivity index is 0.000000461. The van der Waals surface area contributed by atoms with Crippen LogP contribution < -0.4 is 10.6 Å². The fourth-order valence-corrected chi connectivity index (χ4v) is 9.30. The molecule has 0 aliphatic carbocycles. The lowest BCUT2D eigenvalue weighted by molar-refractivity contribution is -0.381. The van der Waals surface area contributed by atoms with E-state index in [9.17, 15) is 84.6 Å². The highest BCUT2D eigenvalue weighted by Gasteiger charge is 2.60. The summed E-state index contributed by atoms with van der Waals surface area (Å²) >= 11 is 1.38. The number of hydrogen-bond acceptors (Lipinski definition) is 23. The van der Waals surface area contributed by atoms with Gasteiger partial charge < -0.3 is 90.1 Å². The Morgan fingerprint density at radius 1 is 0.889 bits per heavy atom. The van der Waals surface area contributed by atoms with Crippen molar-refractivity contribution in [1.29, 1.82) is 0 Å². The Labute approximate surface area is 421 Å². The molecule has 4 saturated heterocycles. The molecule has 4 amide bonds. The molecule has 4 aliphatic heterocycles. The highest BCUT2D eigenvalue weighted by Crippen LogP contribution is 2.41. The van der Waals surface area contributed by atoms with Crippen molar-refractivity contribution < 1.29 is 113 Å². The molecule has 12 N–H and O–H groups in total. The summed E-state index contributed by atoms with van der Waals surface area (Å²) in [7, 11) is 1.59. The number of nitrogens with one attached hydrogen (secondary N) is 2. The number of carboxylic acids is 1. The average molecular weight is 1060 g/mol. The largest absolute Gasteiger partial charge is 0.477 e. The molecule has 0 aromatic carbocycles. The van der Waals surface area contributed by atoms with Gasteiger partial charge in [-0.2, -0.15) is 11.8 Å². The number of ketones is 2. The quantitative estimate of drug-likeness (QED) is 0.0273. The van der Waals surface area contributed by atoms with Crippen LogP contribution in [-0.4, -0.2) is 247 Å². The van der Waals surface area contributed by atoms with E-state index in [4.69, 9.17) is 28.4 Å². The van der Waals surface area contributed by atoms with Gasteiger partial charge in [-0.25, -0.2) is 4.79 Å². The number of aliphatic hydroxyl groups is 9. The zero-order valence-electron chi connectivity index (χ0n) is 41.2. The van der Waals surface area contributed by atoms with Gasteiger partial charge in [-0.05, 0) is 26.0 Å². The van der Waals surface area contributed by atoms with Crippen LogP contribution in [0.1, 0.15) is 85.0 Å². The molecule has 26 nitrogen and oxygen atoms in total. The molecule has 0 aromatic heterocycles. The van der Waals surface area contributed by atoms with Crippen LogP contribution in [0.25, 0.3) is 0 Å². The number of rotatable bonds is 27. The molecule has 4 rings (SSSR count). The van der Waals surface area contributed by atoms with Gasteiger partial charge in [0.2, 0.25) is 23.6 Å². The fourth-order valence-electron chi connectivity index (χ4n) is 8.66. The Morgan fingerprint density at radius 3 is 2.11 bits per heavy atom. The minimum atomic E-state index is -2.96. The first-order valence-corrected chi connectivity index (χ1v) is 25.3. The number of carbonyl (C=O) groups excluding carboxylic acids is 6. The first-order chi connectivity index (χ1) is 34.0. The number of imide groups is 1. The fraction of sp³-hybridized carbons (Fsp3) is 0.844. The van der Waals surface area contributed by atoms with Crippen molar-refractivity contribution >= 4 is 52.9 Å². The second kappa shape index (κ2) is 30.3. The molecule has 17 atom stereocenters. The lowest BCUT2D eigenvalue weighted by atomic mass is 9.80. The maximum absolute atomic E-state index is 12.7. The number of unbranched alkanes of at least 4 members (excludes halogenated alkanes) is 2. The molecule has 0 saturated carbocycles. The molecule has 4 fully saturated rings.